The van der Waals surface area contributed by atoms with Crippen molar-refractivity contribution in [3.63, 3.8) is 0 Å². The number of carbonyl (C=O) groups is 1. The molecule has 19 heavy (non-hydrogen) atoms. The number of carbonyl (C=O) groups excluding carboxylic acids is 1. The minimum absolute atomic E-state index is 0.249. The predicted octanol–water partition coefficient (Wildman–Crippen LogP) is 1.21. The Kier molecular flexibility index (Phi) is 4.55. The van der Waals surface area contributed by atoms with Crippen LogP contribution in [0.1, 0.15) is 48.4 Å². The van der Waals surface area contributed by atoms with E-state index in [1.54, 1.807) is 13.2 Å². The van der Waals surface area contributed by atoms with Crippen molar-refractivity contribution in [2.75, 3.05) is 13.7 Å². The van der Waals surface area contributed by atoms with Crippen LogP contribution in [0, 0.1) is 0 Å². The molecule has 6 nitrogen and oxygen atoms in total. The van der Waals surface area contributed by atoms with Crippen molar-refractivity contribution < 1.29 is 14.1 Å². The highest BCUT2D eigenvalue weighted by atomic mass is 16.5. The number of amides is 1. The molecule has 1 saturated carbocycles. The van der Waals surface area contributed by atoms with Gasteiger partial charge >= 0.3 is 0 Å². The Hall–Kier alpha value is -1.40. The maximum absolute atomic E-state index is 11.9. The third-order valence-corrected chi connectivity index (χ3v) is 3.53. The van der Waals surface area contributed by atoms with Crippen LogP contribution in [0.4, 0.5) is 0 Å². The molecule has 0 spiro atoms. The van der Waals surface area contributed by atoms with Gasteiger partial charge in [0.2, 0.25) is 0 Å². The second-order valence-corrected chi connectivity index (χ2v) is 5.22. The number of aromatic nitrogens is 1. The van der Waals surface area contributed by atoms with E-state index < -0.39 is 0 Å². The van der Waals surface area contributed by atoms with Gasteiger partial charge in [-0.2, -0.15) is 0 Å². The third kappa shape index (κ3) is 3.78. The quantitative estimate of drug-likeness (QED) is 0.837. The van der Waals surface area contributed by atoms with E-state index in [9.17, 15) is 4.79 Å². The van der Waals surface area contributed by atoms with Crippen LogP contribution >= 0.6 is 0 Å². The lowest BCUT2D eigenvalue weighted by Crippen LogP contribution is -2.51. The van der Waals surface area contributed by atoms with E-state index in [0.717, 1.165) is 25.7 Å². The van der Waals surface area contributed by atoms with E-state index in [0.29, 0.717) is 18.9 Å². The summed E-state index contributed by atoms with van der Waals surface area (Å²) in [5, 5.41) is 6.55. The Morgan fingerprint density at radius 3 is 2.95 bits per heavy atom. The molecule has 3 N–H and O–H groups in total. The van der Waals surface area contributed by atoms with Gasteiger partial charge < -0.3 is 20.3 Å². The first-order valence-electron chi connectivity index (χ1n) is 6.65. The highest BCUT2D eigenvalue weighted by Gasteiger charge is 2.28. The van der Waals surface area contributed by atoms with E-state index in [1.807, 2.05) is 0 Å². The third-order valence-electron chi connectivity index (χ3n) is 3.53. The molecule has 1 fully saturated rings. The first-order valence-corrected chi connectivity index (χ1v) is 6.65. The highest BCUT2D eigenvalue weighted by molar-refractivity contribution is 5.92. The molecule has 106 valence electrons. The van der Waals surface area contributed by atoms with Crippen molar-refractivity contribution in [1.29, 1.82) is 0 Å². The molecule has 1 aliphatic carbocycles. The Bertz CT molecular complexity index is 425. The lowest BCUT2D eigenvalue weighted by Gasteiger charge is -2.33. The Balaban J connectivity index is 1.86. The average molecular weight is 267 g/mol. The number of nitrogens with one attached hydrogen (secondary N) is 1. The van der Waals surface area contributed by atoms with E-state index in [4.69, 9.17) is 15.0 Å². The zero-order valence-electron chi connectivity index (χ0n) is 11.3. The molecular weight excluding hydrogens is 246 g/mol. The van der Waals surface area contributed by atoms with Crippen molar-refractivity contribution in [2.24, 2.45) is 5.73 Å². The van der Waals surface area contributed by atoms with Crippen LogP contribution in [0.5, 0.6) is 0 Å². The molecular formula is C13H21N3O3. The minimum Gasteiger partial charge on any atom is -0.377 e. The van der Waals surface area contributed by atoms with Crippen LogP contribution in [0.25, 0.3) is 0 Å². The molecule has 1 amide bonds. The van der Waals surface area contributed by atoms with Crippen LogP contribution in [-0.2, 0) is 11.3 Å². The lowest BCUT2D eigenvalue weighted by molar-refractivity contribution is 0.0928. The van der Waals surface area contributed by atoms with Gasteiger partial charge in [-0.1, -0.05) is 24.4 Å². The van der Waals surface area contributed by atoms with E-state index in [1.165, 1.54) is 6.42 Å². The fraction of sp³-hybridized carbons (Fsp3) is 0.692. The average Bonchev–Trinajstić information content (AvgIpc) is 2.86. The smallest absolute Gasteiger partial charge is 0.273 e. The summed E-state index contributed by atoms with van der Waals surface area (Å²) < 4.78 is 9.88. The van der Waals surface area contributed by atoms with Crippen molar-refractivity contribution in [1.82, 2.24) is 10.5 Å². The van der Waals surface area contributed by atoms with Gasteiger partial charge in [-0.25, -0.2) is 0 Å². The van der Waals surface area contributed by atoms with Gasteiger partial charge in [-0.3, -0.25) is 4.79 Å². The summed E-state index contributed by atoms with van der Waals surface area (Å²) in [4.78, 5) is 11.9. The summed E-state index contributed by atoms with van der Waals surface area (Å²) in [7, 11) is 1.56. The molecule has 0 bridgehead atoms. The Morgan fingerprint density at radius 2 is 2.26 bits per heavy atom. The Labute approximate surface area is 112 Å². The second-order valence-electron chi connectivity index (χ2n) is 5.22. The molecule has 0 atom stereocenters. The first-order chi connectivity index (χ1) is 9.13. The number of methoxy groups -OCH3 is 1. The molecule has 1 aliphatic rings. The van der Waals surface area contributed by atoms with Crippen LogP contribution in [0.15, 0.2) is 10.6 Å². The molecule has 0 unspecified atom stereocenters. The summed E-state index contributed by atoms with van der Waals surface area (Å²) in [5.74, 6) is 0.286. The van der Waals surface area contributed by atoms with Gasteiger partial charge in [-0.15, -0.1) is 0 Å². The number of nitrogens with zero attached hydrogens (tertiary/aromatic N) is 1. The zero-order valence-corrected chi connectivity index (χ0v) is 11.3. The maximum atomic E-state index is 11.9. The number of nitrogens with two attached hydrogens (primary N) is 1. The molecule has 1 aromatic heterocycles. The fourth-order valence-corrected chi connectivity index (χ4v) is 2.41. The van der Waals surface area contributed by atoms with Crippen LogP contribution in [-0.4, -0.2) is 30.3 Å². The molecule has 0 radical (unpaired) electrons. The van der Waals surface area contributed by atoms with Gasteiger partial charge in [0.1, 0.15) is 6.61 Å². The highest BCUT2D eigenvalue weighted by Crippen LogP contribution is 2.25. The molecule has 0 aliphatic heterocycles. The molecule has 6 heteroatoms. The predicted molar refractivity (Wildman–Crippen MR) is 69.6 cm³/mol. The summed E-state index contributed by atoms with van der Waals surface area (Å²) in [5.41, 5.74) is 6.26. The number of hydrogen-bond donors (Lipinski definition) is 2. The van der Waals surface area contributed by atoms with Crippen molar-refractivity contribution in [3.05, 3.63) is 17.5 Å². The van der Waals surface area contributed by atoms with E-state index >= 15 is 0 Å². The van der Waals surface area contributed by atoms with Crippen molar-refractivity contribution >= 4 is 5.91 Å². The normalized spacial score (nSPS) is 18.2. The van der Waals surface area contributed by atoms with Crippen LogP contribution in [0.2, 0.25) is 0 Å². The monoisotopic (exact) mass is 267 g/mol. The summed E-state index contributed by atoms with van der Waals surface area (Å²) in [6, 6.07) is 1.59. The summed E-state index contributed by atoms with van der Waals surface area (Å²) in [6.45, 7) is 0.791. The zero-order chi connectivity index (χ0) is 13.7. The van der Waals surface area contributed by atoms with E-state index in [2.05, 4.69) is 10.5 Å². The fourth-order valence-electron chi connectivity index (χ4n) is 2.41. The van der Waals surface area contributed by atoms with Crippen LogP contribution < -0.4 is 11.1 Å². The van der Waals surface area contributed by atoms with Gasteiger partial charge in [0.05, 0.1) is 0 Å². The standard InChI is InChI=1S/C13H21N3O3/c1-18-8-10-7-11(16-19-10)12(17)15-9-13(14)5-3-2-4-6-13/h7H,2-6,8-9,14H2,1H3,(H,15,17). The van der Waals surface area contributed by atoms with Crippen molar-refractivity contribution in [2.45, 2.75) is 44.2 Å². The Morgan fingerprint density at radius 1 is 1.53 bits per heavy atom. The van der Waals surface area contributed by atoms with Gasteiger partial charge in [-0.05, 0) is 12.8 Å². The molecule has 0 saturated heterocycles. The van der Waals surface area contributed by atoms with Crippen LogP contribution in [0.3, 0.4) is 0 Å². The van der Waals surface area contributed by atoms with Gasteiger partial charge in [0, 0.05) is 25.3 Å². The number of rotatable bonds is 5. The van der Waals surface area contributed by atoms with Gasteiger partial charge in [0.25, 0.3) is 5.91 Å². The lowest BCUT2D eigenvalue weighted by atomic mass is 9.82. The summed E-state index contributed by atoms with van der Waals surface area (Å²) >= 11 is 0. The molecule has 2 rings (SSSR count). The second kappa shape index (κ2) is 6.16. The topological polar surface area (TPSA) is 90.4 Å². The van der Waals surface area contributed by atoms with Crippen molar-refractivity contribution in [3.8, 4) is 0 Å². The largest absolute Gasteiger partial charge is 0.377 e. The molecule has 1 heterocycles. The SMILES string of the molecule is COCc1cc(C(=O)NCC2(N)CCCCC2)no1. The molecule has 1 aromatic rings. The van der Waals surface area contributed by atoms with E-state index in [-0.39, 0.29) is 17.1 Å². The maximum Gasteiger partial charge on any atom is 0.273 e. The van der Waals surface area contributed by atoms with Gasteiger partial charge in [0.15, 0.2) is 11.5 Å². The number of ether oxygens (including phenoxy) is 1. The summed E-state index contributed by atoms with van der Waals surface area (Å²) in [6.07, 6.45) is 5.42. The molecule has 0 aromatic carbocycles. The minimum atomic E-state index is -0.271. The number of hydrogen-bond acceptors (Lipinski definition) is 5. The first kappa shape index (κ1) is 14.0.